The number of rotatable bonds is 4. The van der Waals surface area contributed by atoms with Gasteiger partial charge in [-0.1, -0.05) is 20.3 Å². The summed E-state index contributed by atoms with van der Waals surface area (Å²) in [5.74, 6) is 0.766. The molecule has 0 aliphatic carbocycles. The summed E-state index contributed by atoms with van der Waals surface area (Å²) in [4.78, 5) is 0. The zero-order valence-electron chi connectivity index (χ0n) is 6.68. The van der Waals surface area contributed by atoms with Gasteiger partial charge in [0.1, 0.15) is 0 Å². The van der Waals surface area contributed by atoms with Gasteiger partial charge in [-0.3, -0.25) is 0 Å². The number of nitrogens with one attached hydrogen (secondary N) is 1. The van der Waals surface area contributed by atoms with E-state index in [4.69, 9.17) is 5.73 Å². The van der Waals surface area contributed by atoms with Crippen LogP contribution in [0.4, 0.5) is 0 Å². The van der Waals surface area contributed by atoms with Crippen molar-refractivity contribution < 1.29 is 0 Å². The van der Waals surface area contributed by atoms with E-state index in [-0.39, 0.29) is 0 Å². The van der Waals surface area contributed by atoms with Gasteiger partial charge in [-0.2, -0.15) is 0 Å². The summed E-state index contributed by atoms with van der Waals surface area (Å²) in [5, 5.41) is 3.33. The maximum atomic E-state index is 5.24. The van der Waals surface area contributed by atoms with Crippen LogP contribution >= 0.6 is 12.2 Å². The van der Waals surface area contributed by atoms with E-state index in [1.54, 1.807) is 0 Å². The summed E-state index contributed by atoms with van der Waals surface area (Å²) in [6.45, 7) is 5.32. The Kier molecular flexibility index (Phi) is 5.30. The van der Waals surface area contributed by atoms with Crippen molar-refractivity contribution in [1.29, 1.82) is 0 Å². The molecule has 2 nitrogen and oxygen atoms in total. The molecule has 0 bridgehead atoms. The normalized spacial score (nSPS) is 12.6. The second-order valence-corrected chi connectivity index (χ2v) is 3.03. The van der Waals surface area contributed by atoms with E-state index in [9.17, 15) is 0 Å². The SMILES string of the molecule is CCC(C)CCNC(N)=S. The van der Waals surface area contributed by atoms with Crippen LogP contribution in [0.25, 0.3) is 0 Å². The molecule has 0 fully saturated rings. The molecule has 3 N–H and O–H groups in total. The van der Waals surface area contributed by atoms with Crippen LogP contribution in [-0.2, 0) is 0 Å². The van der Waals surface area contributed by atoms with Crippen LogP contribution in [0, 0.1) is 5.92 Å². The second-order valence-electron chi connectivity index (χ2n) is 2.59. The summed E-state index contributed by atoms with van der Waals surface area (Å²) in [6, 6.07) is 0. The fraction of sp³-hybridized carbons (Fsp3) is 0.857. The maximum Gasteiger partial charge on any atom is 0.163 e. The standard InChI is InChI=1S/C7H16N2S/c1-3-6(2)4-5-9-7(8)10/h6H,3-5H2,1-2H3,(H3,8,9,10). The Hall–Kier alpha value is -0.310. The van der Waals surface area contributed by atoms with Crippen LogP contribution in [0.15, 0.2) is 0 Å². The lowest BCUT2D eigenvalue weighted by atomic mass is 10.1. The summed E-state index contributed by atoms with van der Waals surface area (Å²) in [7, 11) is 0. The minimum Gasteiger partial charge on any atom is -0.376 e. The quantitative estimate of drug-likeness (QED) is 0.608. The second kappa shape index (κ2) is 5.47. The molecule has 0 aromatic heterocycles. The zero-order chi connectivity index (χ0) is 7.98. The first kappa shape index (κ1) is 9.69. The van der Waals surface area contributed by atoms with Crippen molar-refractivity contribution in [3.05, 3.63) is 0 Å². The van der Waals surface area contributed by atoms with Crippen LogP contribution < -0.4 is 11.1 Å². The first-order valence-corrected chi connectivity index (χ1v) is 4.11. The summed E-state index contributed by atoms with van der Waals surface area (Å²) in [5.41, 5.74) is 5.24. The van der Waals surface area contributed by atoms with Gasteiger partial charge in [0.05, 0.1) is 0 Å². The van der Waals surface area contributed by atoms with Crippen molar-refractivity contribution >= 4 is 17.3 Å². The molecule has 0 aliphatic rings. The molecule has 0 amide bonds. The van der Waals surface area contributed by atoms with E-state index in [1.807, 2.05) is 0 Å². The van der Waals surface area contributed by atoms with Gasteiger partial charge in [0.2, 0.25) is 0 Å². The highest BCUT2D eigenvalue weighted by atomic mass is 32.1. The van der Waals surface area contributed by atoms with Gasteiger partial charge in [0.15, 0.2) is 5.11 Å². The third-order valence-electron chi connectivity index (χ3n) is 1.63. The summed E-state index contributed by atoms with van der Waals surface area (Å²) in [6.07, 6.45) is 2.37. The van der Waals surface area contributed by atoms with Gasteiger partial charge < -0.3 is 11.1 Å². The molecule has 0 radical (unpaired) electrons. The average molecular weight is 160 g/mol. The Morgan fingerprint density at radius 3 is 2.70 bits per heavy atom. The minimum absolute atomic E-state index is 0.406. The van der Waals surface area contributed by atoms with Crippen LogP contribution in [-0.4, -0.2) is 11.7 Å². The Labute approximate surface area is 68.2 Å². The van der Waals surface area contributed by atoms with E-state index in [0.29, 0.717) is 5.11 Å². The molecule has 1 atom stereocenters. The molecule has 0 spiro atoms. The third-order valence-corrected chi connectivity index (χ3v) is 1.78. The van der Waals surface area contributed by atoms with Crippen molar-refractivity contribution in [1.82, 2.24) is 5.32 Å². The Morgan fingerprint density at radius 2 is 2.30 bits per heavy atom. The van der Waals surface area contributed by atoms with Gasteiger partial charge >= 0.3 is 0 Å². The van der Waals surface area contributed by atoms with Crippen LogP contribution in [0.2, 0.25) is 0 Å². The molecule has 3 heteroatoms. The topological polar surface area (TPSA) is 38.0 Å². The molecule has 0 rings (SSSR count). The van der Waals surface area contributed by atoms with E-state index in [2.05, 4.69) is 31.4 Å². The number of thiocarbonyl (C=S) groups is 1. The molecule has 0 heterocycles. The van der Waals surface area contributed by atoms with Gasteiger partial charge in [0.25, 0.3) is 0 Å². The monoisotopic (exact) mass is 160 g/mol. The molecule has 1 unspecified atom stereocenters. The predicted octanol–water partition coefficient (Wildman–Crippen LogP) is 1.26. The van der Waals surface area contributed by atoms with Crippen LogP contribution in [0.1, 0.15) is 26.7 Å². The molecule has 0 saturated carbocycles. The third kappa shape index (κ3) is 5.82. The van der Waals surface area contributed by atoms with Crippen molar-refractivity contribution in [3.8, 4) is 0 Å². The number of nitrogens with two attached hydrogens (primary N) is 1. The smallest absolute Gasteiger partial charge is 0.163 e. The minimum atomic E-state index is 0.406. The van der Waals surface area contributed by atoms with Crippen molar-refractivity contribution in [2.75, 3.05) is 6.54 Å². The number of hydrogen-bond donors (Lipinski definition) is 2. The van der Waals surface area contributed by atoms with E-state index >= 15 is 0 Å². The first-order chi connectivity index (χ1) is 4.66. The van der Waals surface area contributed by atoms with Gasteiger partial charge in [-0.15, -0.1) is 0 Å². The first-order valence-electron chi connectivity index (χ1n) is 3.70. The highest BCUT2D eigenvalue weighted by molar-refractivity contribution is 7.80. The summed E-state index contributed by atoms with van der Waals surface area (Å²) < 4.78 is 0. The molecule has 60 valence electrons. The van der Waals surface area contributed by atoms with Crippen molar-refractivity contribution in [2.24, 2.45) is 11.7 Å². The fourth-order valence-corrected chi connectivity index (χ4v) is 0.748. The molecule has 0 saturated heterocycles. The lowest BCUT2D eigenvalue weighted by Crippen LogP contribution is -2.30. The largest absolute Gasteiger partial charge is 0.376 e. The molecule has 0 aliphatic heterocycles. The Bertz CT molecular complexity index is 104. The maximum absolute atomic E-state index is 5.24. The molecule has 0 aromatic carbocycles. The van der Waals surface area contributed by atoms with E-state index < -0.39 is 0 Å². The van der Waals surface area contributed by atoms with Crippen LogP contribution in [0.3, 0.4) is 0 Å². The highest BCUT2D eigenvalue weighted by Crippen LogP contribution is 2.03. The molecular formula is C7H16N2S. The Balaban J connectivity index is 3.11. The lowest BCUT2D eigenvalue weighted by Gasteiger charge is -2.08. The van der Waals surface area contributed by atoms with Crippen LogP contribution in [0.5, 0.6) is 0 Å². The number of hydrogen-bond acceptors (Lipinski definition) is 1. The average Bonchev–Trinajstić information content (AvgIpc) is 1.87. The summed E-state index contributed by atoms with van der Waals surface area (Å²) >= 11 is 4.65. The fourth-order valence-electron chi connectivity index (χ4n) is 0.646. The highest BCUT2D eigenvalue weighted by Gasteiger charge is 1.96. The van der Waals surface area contributed by atoms with E-state index in [0.717, 1.165) is 18.9 Å². The van der Waals surface area contributed by atoms with Gasteiger partial charge in [-0.25, -0.2) is 0 Å². The van der Waals surface area contributed by atoms with Crippen molar-refractivity contribution in [2.45, 2.75) is 26.7 Å². The van der Waals surface area contributed by atoms with Crippen molar-refractivity contribution in [3.63, 3.8) is 0 Å². The predicted molar refractivity (Wildman–Crippen MR) is 48.9 cm³/mol. The molecule has 10 heavy (non-hydrogen) atoms. The zero-order valence-corrected chi connectivity index (χ0v) is 7.50. The molecular weight excluding hydrogens is 144 g/mol. The van der Waals surface area contributed by atoms with Gasteiger partial charge in [-0.05, 0) is 24.6 Å². The van der Waals surface area contributed by atoms with Gasteiger partial charge in [0, 0.05) is 6.54 Å². The Morgan fingerprint density at radius 1 is 1.70 bits per heavy atom. The molecule has 0 aromatic rings. The van der Waals surface area contributed by atoms with E-state index in [1.165, 1.54) is 6.42 Å². The lowest BCUT2D eigenvalue weighted by molar-refractivity contribution is 0.513.